The van der Waals surface area contributed by atoms with E-state index in [0.29, 0.717) is 6.54 Å². The van der Waals surface area contributed by atoms with Gasteiger partial charge in [-0.25, -0.2) is 0 Å². The van der Waals surface area contributed by atoms with Crippen LogP contribution in [0.25, 0.3) is 0 Å². The van der Waals surface area contributed by atoms with Crippen LogP contribution >= 0.6 is 0 Å². The Labute approximate surface area is 123 Å². The number of nitrogens with zero attached hydrogens (tertiary/aromatic N) is 1. The number of carbonyl (C=O) groups is 2. The summed E-state index contributed by atoms with van der Waals surface area (Å²) >= 11 is 0. The van der Waals surface area contributed by atoms with E-state index < -0.39 is 12.0 Å². The van der Waals surface area contributed by atoms with Crippen LogP contribution in [0.1, 0.15) is 30.9 Å². The number of hydrogen-bond donors (Lipinski definition) is 2. The Morgan fingerprint density at radius 1 is 1.52 bits per heavy atom. The largest absolute Gasteiger partial charge is 0.497 e. The highest BCUT2D eigenvalue weighted by Gasteiger charge is 2.33. The van der Waals surface area contributed by atoms with Crippen molar-refractivity contribution in [2.75, 3.05) is 13.7 Å². The Balaban J connectivity index is 2.16. The highest BCUT2D eigenvalue weighted by molar-refractivity contribution is 5.86. The molecule has 3 N–H and O–H groups in total. The molecule has 1 fully saturated rings. The maximum atomic E-state index is 12.3. The first kappa shape index (κ1) is 15.3. The number of methoxy groups -OCH3 is 1. The van der Waals surface area contributed by atoms with Gasteiger partial charge in [0.1, 0.15) is 5.75 Å². The number of hydrogen-bond acceptors (Lipinski definition) is 4. The van der Waals surface area contributed by atoms with Gasteiger partial charge in [0.25, 0.3) is 0 Å². The summed E-state index contributed by atoms with van der Waals surface area (Å²) in [4.78, 5) is 24.7. The third kappa shape index (κ3) is 3.52. The molecular formula is C15H20N2O4. The molecule has 21 heavy (non-hydrogen) atoms. The van der Waals surface area contributed by atoms with Crippen molar-refractivity contribution in [1.82, 2.24) is 4.90 Å². The normalized spacial score (nSPS) is 19.3. The van der Waals surface area contributed by atoms with Crippen LogP contribution in [0.5, 0.6) is 5.75 Å². The lowest BCUT2D eigenvalue weighted by atomic mass is 10.0. The van der Waals surface area contributed by atoms with Crippen LogP contribution in [0.15, 0.2) is 24.3 Å². The molecule has 0 aliphatic carbocycles. The Kier molecular flexibility index (Phi) is 4.80. The SMILES string of the molecule is COc1cccc(C2CCCN2C(=O)C(N)CC(=O)O)c1. The molecule has 0 spiro atoms. The van der Waals surface area contributed by atoms with E-state index in [2.05, 4.69) is 0 Å². The molecule has 1 heterocycles. The van der Waals surface area contributed by atoms with Crippen molar-refractivity contribution in [2.45, 2.75) is 31.3 Å². The monoisotopic (exact) mass is 292 g/mol. The van der Waals surface area contributed by atoms with Gasteiger partial charge in [-0.3, -0.25) is 9.59 Å². The summed E-state index contributed by atoms with van der Waals surface area (Å²) < 4.78 is 5.20. The van der Waals surface area contributed by atoms with E-state index in [-0.39, 0.29) is 18.4 Å². The van der Waals surface area contributed by atoms with Gasteiger partial charge >= 0.3 is 5.97 Å². The van der Waals surface area contributed by atoms with Gasteiger partial charge in [-0.2, -0.15) is 0 Å². The minimum atomic E-state index is -1.06. The van der Waals surface area contributed by atoms with E-state index in [0.717, 1.165) is 24.2 Å². The van der Waals surface area contributed by atoms with Crippen LogP contribution in [0.2, 0.25) is 0 Å². The van der Waals surface area contributed by atoms with Gasteiger partial charge in [0.2, 0.25) is 5.91 Å². The molecule has 0 bridgehead atoms. The van der Waals surface area contributed by atoms with Gasteiger partial charge in [0.05, 0.1) is 25.6 Å². The Morgan fingerprint density at radius 3 is 2.95 bits per heavy atom. The van der Waals surface area contributed by atoms with Crippen LogP contribution in [0.3, 0.4) is 0 Å². The lowest BCUT2D eigenvalue weighted by Crippen LogP contribution is -2.44. The predicted molar refractivity (Wildman–Crippen MR) is 76.9 cm³/mol. The molecule has 2 atom stereocenters. The summed E-state index contributed by atoms with van der Waals surface area (Å²) in [6.07, 6.45) is 1.38. The molecule has 6 heteroatoms. The van der Waals surface area contributed by atoms with Crippen LogP contribution in [0, 0.1) is 0 Å². The molecule has 0 aromatic heterocycles. The van der Waals surface area contributed by atoms with E-state index in [4.69, 9.17) is 15.6 Å². The number of amides is 1. The Morgan fingerprint density at radius 2 is 2.29 bits per heavy atom. The number of ether oxygens (including phenoxy) is 1. The van der Waals surface area contributed by atoms with Gasteiger partial charge in [0, 0.05) is 6.54 Å². The molecule has 114 valence electrons. The maximum Gasteiger partial charge on any atom is 0.305 e. The molecule has 1 aliphatic heterocycles. The molecule has 1 aromatic rings. The second-order valence-electron chi connectivity index (χ2n) is 5.17. The number of likely N-dealkylation sites (tertiary alicyclic amines) is 1. The lowest BCUT2D eigenvalue weighted by molar-refractivity contribution is -0.142. The van der Waals surface area contributed by atoms with Crippen molar-refractivity contribution in [1.29, 1.82) is 0 Å². The van der Waals surface area contributed by atoms with Crippen molar-refractivity contribution < 1.29 is 19.4 Å². The van der Waals surface area contributed by atoms with E-state index in [1.165, 1.54) is 0 Å². The first-order chi connectivity index (χ1) is 10.0. The van der Waals surface area contributed by atoms with Crippen molar-refractivity contribution in [3.05, 3.63) is 29.8 Å². The minimum Gasteiger partial charge on any atom is -0.497 e. The molecular weight excluding hydrogens is 272 g/mol. The zero-order valence-electron chi connectivity index (χ0n) is 12.0. The second-order valence-corrected chi connectivity index (χ2v) is 5.17. The molecule has 1 amide bonds. The first-order valence-electron chi connectivity index (χ1n) is 6.94. The summed E-state index contributed by atoms with van der Waals surface area (Å²) in [7, 11) is 1.60. The fourth-order valence-electron chi connectivity index (χ4n) is 2.71. The van der Waals surface area contributed by atoms with E-state index in [9.17, 15) is 9.59 Å². The van der Waals surface area contributed by atoms with Gasteiger partial charge in [-0.05, 0) is 30.5 Å². The molecule has 0 saturated carbocycles. The van der Waals surface area contributed by atoms with Crippen molar-refractivity contribution in [3.8, 4) is 5.75 Å². The number of carboxylic acid groups (broad SMARTS) is 1. The number of carbonyl (C=O) groups excluding carboxylic acids is 1. The highest BCUT2D eigenvalue weighted by Crippen LogP contribution is 2.33. The lowest BCUT2D eigenvalue weighted by Gasteiger charge is -2.27. The molecule has 0 radical (unpaired) electrons. The summed E-state index contributed by atoms with van der Waals surface area (Å²) in [6, 6.07) is 6.52. The van der Waals surface area contributed by atoms with E-state index >= 15 is 0 Å². The zero-order chi connectivity index (χ0) is 15.4. The number of aliphatic carboxylic acids is 1. The number of rotatable bonds is 5. The molecule has 1 saturated heterocycles. The zero-order valence-corrected chi connectivity index (χ0v) is 12.0. The fourth-order valence-corrected chi connectivity index (χ4v) is 2.71. The second kappa shape index (κ2) is 6.58. The molecule has 2 rings (SSSR count). The van der Waals surface area contributed by atoms with Gasteiger partial charge < -0.3 is 20.5 Å². The van der Waals surface area contributed by atoms with Gasteiger partial charge in [-0.1, -0.05) is 12.1 Å². The van der Waals surface area contributed by atoms with E-state index in [1.54, 1.807) is 12.0 Å². The van der Waals surface area contributed by atoms with Gasteiger partial charge in [0.15, 0.2) is 0 Å². The summed E-state index contributed by atoms with van der Waals surface area (Å²) in [5.74, 6) is -0.627. The van der Waals surface area contributed by atoms with Crippen molar-refractivity contribution in [3.63, 3.8) is 0 Å². The fraction of sp³-hybridized carbons (Fsp3) is 0.467. The highest BCUT2D eigenvalue weighted by atomic mass is 16.5. The third-order valence-corrected chi connectivity index (χ3v) is 3.73. The number of benzene rings is 1. The van der Waals surface area contributed by atoms with Gasteiger partial charge in [-0.15, -0.1) is 0 Å². The number of carboxylic acids is 1. The average molecular weight is 292 g/mol. The third-order valence-electron chi connectivity index (χ3n) is 3.73. The number of nitrogens with two attached hydrogens (primary N) is 1. The van der Waals surface area contributed by atoms with Crippen LogP contribution in [0.4, 0.5) is 0 Å². The summed E-state index contributed by atoms with van der Waals surface area (Å²) in [6.45, 7) is 0.605. The summed E-state index contributed by atoms with van der Waals surface area (Å²) in [5.41, 5.74) is 6.69. The standard InChI is InChI=1S/C15H20N2O4/c1-21-11-5-2-4-10(8-11)13-6-3-7-17(13)15(20)12(16)9-14(18)19/h2,4-5,8,12-13H,3,6-7,9,16H2,1H3,(H,18,19). The topological polar surface area (TPSA) is 92.9 Å². The van der Waals surface area contributed by atoms with Crippen molar-refractivity contribution in [2.24, 2.45) is 5.73 Å². The molecule has 1 aromatic carbocycles. The summed E-state index contributed by atoms with van der Waals surface area (Å²) in [5, 5.41) is 8.76. The Bertz CT molecular complexity index is 532. The molecule has 6 nitrogen and oxygen atoms in total. The maximum absolute atomic E-state index is 12.3. The van der Waals surface area contributed by atoms with Crippen LogP contribution in [-0.2, 0) is 9.59 Å². The van der Waals surface area contributed by atoms with Crippen LogP contribution in [-0.4, -0.2) is 41.6 Å². The first-order valence-corrected chi connectivity index (χ1v) is 6.94. The van der Waals surface area contributed by atoms with Crippen LogP contribution < -0.4 is 10.5 Å². The minimum absolute atomic E-state index is 0.0626. The predicted octanol–water partition coefficient (Wildman–Crippen LogP) is 1.16. The van der Waals surface area contributed by atoms with E-state index in [1.807, 2.05) is 24.3 Å². The quantitative estimate of drug-likeness (QED) is 0.849. The average Bonchev–Trinajstić information content (AvgIpc) is 2.95. The van der Waals surface area contributed by atoms with Crippen molar-refractivity contribution >= 4 is 11.9 Å². The Hall–Kier alpha value is -2.08. The molecule has 1 aliphatic rings. The molecule has 2 unspecified atom stereocenters. The smallest absolute Gasteiger partial charge is 0.305 e.